The summed E-state index contributed by atoms with van der Waals surface area (Å²) >= 11 is 2.74. The van der Waals surface area contributed by atoms with E-state index in [-0.39, 0.29) is 17.8 Å². The molecule has 1 amide bonds. The Balaban J connectivity index is 1.45. The molecule has 0 fully saturated rings. The normalized spacial score (nSPS) is 13.2. The topological polar surface area (TPSA) is 95.3 Å². The van der Waals surface area contributed by atoms with Crippen LogP contribution in [0.25, 0.3) is 0 Å². The zero-order chi connectivity index (χ0) is 25.8. The van der Waals surface area contributed by atoms with Crippen molar-refractivity contribution in [3.8, 4) is 5.75 Å². The highest BCUT2D eigenvalue weighted by Gasteiger charge is 2.28. The number of nitrogens with one attached hydrogen (secondary N) is 1. The molecule has 0 aliphatic heterocycles. The Kier molecular flexibility index (Phi) is 8.15. The lowest BCUT2D eigenvalue weighted by atomic mass is 10.1. The standard InChI is InChI=1S/C26H30N4O4S2/c1-6-12-30-23(17(4)34-18-11-10-15(2)16(3)13-18)28-29-26(30)35-14-21(31)27-24-22(25(32)33-5)19-8-7-9-20(19)36-24/h6,10-11,13,17H,1,7-9,12,14H2,2-5H3,(H,27,31). The van der Waals surface area contributed by atoms with E-state index in [1.165, 1.54) is 35.8 Å². The molecule has 1 aliphatic carbocycles. The number of benzene rings is 1. The van der Waals surface area contributed by atoms with Crippen molar-refractivity contribution in [1.82, 2.24) is 14.8 Å². The number of anilines is 1. The molecule has 4 rings (SSSR count). The van der Waals surface area contributed by atoms with Crippen molar-refractivity contribution < 1.29 is 19.1 Å². The van der Waals surface area contributed by atoms with E-state index in [0.717, 1.165) is 41.0 Å². The van der Waals surface area contributed by atoms with Gasteiger partial charge < -0.3 is 14.8 Å². The average molecular weight is 527 g/mol. The van der Waals surface area contributed by atoms with Crippen LogP contribution in [0, 0.1) is 13.8 Å². The first kappa shape index (κ1) is 26.0. The summed E-state index contributed by atoms with van der Waals surface area (Å²) in [6.07, 6.45) is 4.18. The molecule has 2 heterocycles. The number of thiophene rings is 1. The summed E-state index contributed by atoms with van der Waals surface area (Å²) < 4.78 is 13.0. The van der Waals surface area contributed by atoms with Gasteiger partial charge in [-0.2, -0.15) is 0 Å². The number of hydrogen-bond acceptors (Lipinski definition) is 8. The van der Waals surface area contributed by atoms with Gasteiger partial charge in [0, 0.05) is 11.4 Å². The molecule has 8 nitrogen and oxygen atoms in total. The Morgan fingerprint density at radius 3 is 2.81 bits per heavy atom. The van der Waals surface area contributed by atoms with E-state index in [2.05, 4.69) is 29.0 Å². The maximum absolute atomic E-state index is 12.8. The van der Waals surface area contributed by atoms with Crippen LogP contribution < -0.4 is 10.1 Å². The van der Waals surface area contributed by atoms with E-state index in [1.807, 2.05) is 36.6 Å². The number of allylic oxidation sites excluding steroid dienone is 1. The third-order valence-corrected chi connectivity index (χ3v) is 8.28. The zero-order valence-electron chi connectivity index (χ0n) is 20.9. The molecule has 2 aromatic heterocycles. The number of aryl methyl sites for hydroxylation is 3. The number of fused-ring (bicyclic) bond motifs is 1. The summed E-state index contributed by atoms with van der Waals surface area (Å²) in [5.41, 5.74) is 3.85. The lowest BCUT2D eigenvalue weighted by Gasteiger charge is -2.16. The highest BCUT2D eigenvalue weighted by molar-refractivity contribution is 7.99. The fourth-order valence-corrected chi connectivity index (χ4v) is 6.20. The van der Waals surface area contributed by atoms with Crippen LogP contribution in [-0.2, 0) is 28.9 Å². The predicted octanol–water partition coefficient (Wildman–Crippen LogP) is 5.29. The minimum Gasteiger partial charge on any atom is -0.483 e. The summed E-state index contributed by atoms with van der Waals surface area (Å²) in [4.78, 5) is 26.3. The monoisotopic (exact) mass is 526 g/mol. The van der Waals surface area contributed by atoms with Crippen LogP contribution in [0.3, 0.4) is 0 Å². The van der Waals surface area contributed by atoms with E-state index in [0.29, 0.717) is 28.1 Å². The van der Waals surface area contributed by atoms with Gasteiger partial charge in [-0.3, -0.25) is 9.36 Å². The molecule has 190 valence electrons. The van der Waals surface area contributed by atoms with E-state index >= 15 is 0 Å². The second kappa shape index (κ2) is 11.3. The number of amides is 1. The molecule has 1 aromatic carbocycles. The summed E-state index contributed by atoms with van der Waals surface area (Å²) in [5.74, 6) is 0.894. The maximum Gasteiger partial charge on any atom is 0.341 e. The summed E-state index contributed by atoms with van der Waals surface area (Å²) in [6.45, 7) is 10.4. The molecule has 1 atom stereocenters. The molecule has 10 heteroatoms. The van der Waals surface area contributed by atoms with Gasteiger partial charge >= 0.3 is 5.97 Å². The van der Waals surface area contributed by atoms with Crippen LogP contribution in [0.2, 0.25) is 0 Å². The molecular weight excluding hydrogens is 496 g/mol. The molecule has 0 saturated heterocycles. The molecule has 0 radical (unpaired) electrons. The van der Waals surface area contributed by atoms with Crippen molar-refractivity contribution in [3.05, 3.63) is 63.8 Å². The molecule has 36 heavy (non-hydrogen) atoms. The highest BCUT2D eigenvalue weighted by atomic mass is 32.2. The molecule has 3 aromatic rings. The van der Waals surface area contributed by atoms with Crippen molar-refractivity contribution >= 4 is 40.0 Å². The minimum atomic E-state index is -0.412. The zero-order valence-corrected chi connectivity index (χ0v) is 22.6. The number of ether oxygens (including phenoxy) is 2. The SMILES string of the molecule is C=CCn1c(SCC(=O)Nc2sc3c(c2C(=O)OC)CCC3)nnc1C(C)Oc1ccc(C)c(C)c1. The van der Waals surface area contributed by atoms with Crippen LogP contribution in [0.15, 0.2) is 36.0 Å². The van der Waals surface area contributed by atoms with Gasteiger partial charge in [-0.25, -0.2) is 4.79 Å². The summed E-state index contributed by atoms with van der Waals surface area (Å²) in [5, 5.41) is 12.7. The van der Waals surface area contributed by atoms with Gasteiger partial charge in [0.1, 0.15) is 10.8 Å². The van der Waals surface area contributed by atoms with E-state index in [1.54, 1.807) is 6.08 Å². The smallest absolute Gasteiger partial charge is 0.341 e. The number of esters is 1. The first-order valence-corrected chi connectivity index (χ1v) is 13.6. The van der Waals surface area contributed by atoms with E-state index in [9.17, 15) is 9.59 Å². The molecule has 1 N–H and O–H groups in total. The van der Waals surface area contributed by atoms with Crippen LogP contribution in [0.5, 0.6) is 5.75 Å². The van der Waals surface area contributed by atoms with Gasteiger partial charge in [0.15, 0.2) is 17.1 Å². The van der Waals surface area contributed by atoms with Crippen molar-refractivity contribution in [1.29, 1.82) is 0 Å². The second-order valence-electron chi connectivity index (χ2n) is 8.64. The quantitative estimate of drug-likeness (QED) is 0.218. The highest BCUT2D eigenvalue weighted by Crippen LogP contribution is 2.39. The van der Waals surface area contributed by atoms with Gasteiger partial charge in [0.25, 0.3) is 0 Å². The number of carbonyl (C=O) groups is 2. The molecule has 0 bridgehead atoms. The minimum absolute atomic E-state index is 0.116. The van der Waals surface area contributed by atoms with Gasteiger partial charge in [-0.15, -0.1) is 28.1 Å². The third-order valence-electron chi connectivity index (χ3n) is 6.11. The van der Waals surface area contributed by atoms with Crippen LogP contribution in [0.1, 0.15) is 57.2 Å². The fourth-order valence-electron chi connectivity index (χ4n) is 4.16. The number of methoxy groups -OCH3 is 1. The lowest BCUT2D eigenvalue weighted by molar-refractivity contribution is -0.113. The number of carbonyl (C=O) groups excluding carboxylic acids is 2. The van der Waals surface area contributed by atoms with Crippen molar-refractivity contribution in [2.24, 2.45) is 0 Å². The molecule has 0 spiro atoms. The number of aromatic nitrogens is 3. The maximum atomic E-state index is 12.8. The third kappa shape index (κ3) is 5.49. The summed E-state index contributed by atoms with van der Waals surface area (Å²) in [6, 6.07) is 5.97. The van der Waals surface area contributed by atoms with Gasteiger partial charge in [-0.05, 0) is 68.9 Å². The Labute approximate surface area is 219 Å². The van der Waals surface area contributed by atoms with E-state index in [4.69, 9.17) is 9.47 Å². The van der Waals surface area contributed by atoms with Crippen LogP contribution in [0.4, 0.5) is 5.00 Å². The van der Waals surface area contributed by atoms with Crippen molar-refractivity contribution in [2.75, 3.05) is 18.2 Å². The molecule has 1 aliphatic rings. The Bertz CT molecular complexity index is 1300. The predicted molar refractivity (Wildman–Crippen MR) is 142 cm³/mol. The van der Waals surface area contributed by atoms with Gasteiger partial charge in [0.2, 0.25) is 5.91 Å². The fraction of sp³-hybridized carbons (Fsp3) is 0.385. The van der Waals surface area contributed by atoms with Crippen molar-refractivity contribution in [2.45, 2.75) is 57.8 Å². The average Bonchev–Trinajstić information content (AvgIpc) is 3.55. The van der Waals surface area contributed by atoms with Gasteiger partial charge in [0.05, 0.1) is 18.4 Å². The number of thioether (sulfide) groups is 1. The molecular formula is C26H30N4O4S2. The first-order chi connectivity index (χ1) is 17.3. The van der Waals surface area contributed by atoms with Gasteiger partial charge in [-0.1, -0.05) is 23.9 Å². The van der Waals surface area contributed by atoms with Crippen LogP contribution >= 0.6 is 23.1 Å². The Morgan fingerprint density at radius 1 is 1.28 bits per heavy atom. The van der Waals surface area contributed by atoms with E-state index < -0.39 is 5.97 Å². The lowest BCUT2D eigenvalue weighted by Crippen LogP contribution is -2.17. The number of hydrogen-bond donors (Lipinski definition) is 1. The largest absolute Gasteiger partial charge is 0.483 e. The summed E-state index contributed by atoms with van der Waals surface area (Å²) in [7, 11) is 1.36. The Morgan fingerprint density at radius 2 is 2.08 bits per heavy atom. The molecule has 0 saturated carbocycles. The first-order valence-electron chi connectivity index (χ1n) is 11.8. The van der Waals surface area contributed by atoms with Crippen LogP contribution in [-0.4, -0.2) is 39.5 Å². The Hall–Kier alpha value is -3.11. The second-order valence-corrected chi connectivity index (χ2v) is 10.7. The number of nitrogens with zero attached hydrogens (tertiary/aromatic N) is 3. The molecule has 1 unspecified atom stereocenters. The number of rotatable bonds is 10. The van der Waals surface area contributed by atoms with Crippen molar-refractivity contribution in [3.63, 3.8) is 0 Å².